The molecule has 0 aromatic heterocycles. The van der Waals surface area contributed by atoms with Gasteiger partial charge in [0.25, 0.3) is 0 Å². The van der Waals surface area contributed by atoms with E-state index in [4.69, 9.17) is 14.2 Å². The lowest BCUT2D eigenvalue weighted by Crippen LogP contribution is -2.32. The van der Waals surface area contributed by atoms with E-state index in [1.165, 1.54) is 80.9 Å². The molecule has 3 atom stereocenters. The minimum absolute atomic E-state index is 0.201. The second-order valence-corrected chi connectivity index (χ2v) is 19.3. The molecular formula is C54H86O4. The maximum Gasteiger partial charge on any atom is 0.311 e. The first-order valence-corrected chi connectivity index (χ1v) is 23.0. The summed E-state index contributed by atoms with van der Waals surface area (Å²) in [5.41, 5.74) is 8.20. The molecule has 1 aromatic rings. The molecule has 3 unspecified atom stereocenters. The molecule has 0 bridgehead atoms. The lowest BCUT2D eigenvalue weighted by molar-refractivity contribution is -0.134. The van der Waals surface area contributed by atoms with Gasteiger partial charge in [0.05, 0.1) is 12.2 Å². The van der Waals surface area contributed by atoms with E-state index in [-0.39, 0.29) is 23.4 Å². The molecule has 0 saturated carbocycles. The van der Waals surface area contributed by atoms with Crippen LogP contribution in [0.3, 0.4) is 0 Å². The first kappa shape index (κ1) is 50.9. The summed E-state index contributed by atoms with van der Waals surface area (Å²) in [7, 11) is 0. The zero-order chi connectivity index (χ0) is 43.5. The largest absolute Gasteiger partial charge is 0.494 e. The zero-order valence-electron chi connectivity index (χ0n) is 39.9. The van der Waals surface area contributed by atoms with Crippen LogP contribution in [0.25, 0.3) is 0 Å². The molecule has 0 radical (unpaired) electrons. The van der Waals surface area contributed by atoms with Gasteiger partial charge in [0.15, 0.2) is 0 Å². The van der Waals surface area contributed by atoms with Crippen LogP contribution in [-0.4, -0.2) is 18.2 Å². The van der Waals surface area contributed by atoms with Crippen molar-refractivity contribution in [2.75, 3.05) is 6.61 Å². The number of hydrogen-bond donors (Lipinski definition) is 0. The van der Waals surface area contributed by atoms with Gasteiger partial charge in [-0.25, -0.2) is 0 Å². The van der Waals surface area contributed by atoms with E-state index in [1.807, 2.05) is 26.0 Å². The Morgan fingerprint density at radius 2 is 1.53 bits per heavy atom. The summed E-state index contributed by atoms with van der Waals surface area (Å²) in [6.07, 6.45) is 29.7. The molecule has 58 heavy (non-hydrogen) atoms. The van der Waals surface area contributed by atoms with Crippen LogP contribution >= 0.6 is 0 Å². The Morgan fingerprint density at radius 3 is 2.16 bits per heavy atom. The average molecular weight is 799 g/mol. The minimum Gasteiger partial charge on any atom is -0.494 e. The van der Waals surface area contributed by atoms with E-state index in [9.17, 15) is 4.79 Å². The Morgan fingerprint density at radius 1 is 0.897 bits per heavy atom. The van der Waals surface area contributed by atoms with Crippen LogP contribution in [0.2, 0.25) is 0 Å². The number of esters is 1. The van der Waals surface area contributed by atoms with Crippen molar-refractivity contribution in [3.63, 3.8) is 0 Å². The van der Waals surface area contributed by atoms with E-state index in [0.717, 1.165) is 65.0 Å². The van der Waals surface area contributed by atoms with Gasteiger partial charge in [0, 0.05) is 6.42 Å². The molecular weight excluding hydrogens is 713 g/mol. The topological polar surface area (TPSA) is 44.8 Å². The van der Waals surface area contributed by atoms with Crippen LogP contribution in [0.15, 0.2) is 77.2 Å². The highest BCUT2D eigenvalue weighted by molar-refractivity contribution is 5.74. The SMILES string of the molecule is C=C(CCC(=O)Oc1c(C)cc(OC(C)(CC)CCCC(C)CCCC(C)CCCC(C)C)c(C)c1C)OC/C=C(C)/C=C/C=C(C)/C=C/C1=C(C)CCCC1(C)C. The van der Waals surface area contributed by atoms with Crippen LogP contribution in [0, 0.1) is 43.9 Å². The van der Waals surface area contributed by atoms with Gasteiger partial charge in [-0.15, -0.1) is 0 Å². The highest BCUT2D eigenvalue weighted by Gasteiger charge is 2.28. The first-order valence-electron chi connectivity index (χ1n) is 23.0. The highest BCUT2D eigenvalue weighted by atomic mass is 16.5. The van der Waals surface area contributed by atoms with Gasteiger partial charge in [0.2, 0.25) is 0 Å². The van der Waals surface area contributed by atoms with E-state index in [0.29, 0.717) is 24.5 Å². The van der Waals surface area contributed by atoms with Crippen molar-refractivity contribution in [2.45, 2.75) is 199 Å². The third kappa shape index (κ3) is 18.8. The molecule has 1 aromatic carbocycles. The molecule has 0 fully saturated rings. The van der Waals surface area contributed by atoms with E-state index in [1.54, 1.807) is 0 Å². The van der Waals surface area contributed by atoms with Gasteiger partial charge in [-0.2, -0.15) is 0 Å². The van der Waals surface area contributed by atoms with Gasteiger partial charge in [-0.1, -0.05) is 147 Å². The third-order valence-electron chi connectivity index (χ3n) is 12.6. The summed E-state index contributed by atoms with van der Waals surface area (Å²) in [6.45, 7) is 35.7. The fourth-order valence-corrected chi connectivity index (χ4v) is 8.12. The van der Waals surface area contributed by atoms with Crippen LogP contribution in [0.5, 0.6) is 11.5 Å². The summed E-state index contributed by atoms with van der Waals surface area (Å²) >= 11 is 0. The minimum atomic E-state index is -0.290. The normalized spacial score (nSPS) is 17.2. The first-order chi connectivity index (χ1) is 27.3. The second-order valence-electron chi connectivity index (χ2n) is 19.3. The van der Waals surface area contributed by atoms with Crippen molar-refractivity contribution < 1.29 is 19.0 Å². The Labute approximate surface area is 357 Å². The zero-order valence-corrected chi connectivity index (χ0v) is 39.9. The second kappa shape index (κ2) is 25.4. The maximum absolute atomic E-state index is 13.0. The number of rotatable bonds is 26. The lowest BCUT2D eigenvalue weighted by atomic mass is 9.72. The van der Waals surface area contributed by atoms with E-state index in [2.05, 4.69) is 120 Å². The van der Waals surface area contributed by atoms with Gasteiger partial charge >= 0.3 is 5.97 Å². The fourth-order valence-electron chi connectivity index (χ4n) is 8.12. The van der Waals surface area contributed by atoms with Crippen molar-refractivity contribution in [1.82, 2.24) is 0 Å². The molecule has 0 spiro atoms. The van der Waals surface area contributed by atoms with Gasteiger partial charge in [-0.3, -0.25) is 4.79 Å². The number of hydrogen-bond acceptors (Lipinski definition) is 4. The van der Waals surface area contributed by atoms with Crippen LogP contribution < -0.4 is 9.47 Å². The van der Waals surface area contributed by atoms with Crippen LogP contribution in [-0.2, 0) is 9.53 Å². The number of benzene rings is 1. The van der Waals surface area contributed by atoms with Gasteiger partial charge in [0.1, 0.15) is 23.7 Å². The predicted molar refractivity (Wildman–Crippen MR) is 251 cm³/mol. The molecule has 326 valence electrons. The van der Waals surface area contributed by atoms with E-state index < -0.39 is 0 Å². The molecule has 2 rings (SSSR count). The third-order valence-corrected chi connectivity index (χ3v) is 12.6. The van der Waals surface area contributed by atoms with Crippen LogP contribution in [0.4, 0.5) is 0 Å². The summed E-state index contributed by atoms with van der Waals surface area (Å²) < 4.78 is 18.5. The standard InChI is InChI=1S/C54H86O4/c1-16-54(15,36-20-28-41(5)25-18-24-40(4)23-17-22-39(2)3)58-50-38-45(9)52(48(12)47(50)11)57-51(55)33-31-46(10)56-37-34-43(7)27-19-26-42(6)30-32-49-44(8)29-21-35-53(49,13)14/h19,26-27,30,32,34,38-41H,10,16-18,20-25,28-29,31,33,35-37H2,1-9,11-15H3/b27-19+,32-30+,42-26+,43-34+. The number of allylic oxidation sites excluding steroid dienone is 10. The number of aryl methyl sites for hydroxylation is 1. The fraction of sp³-hybridized carbons (Fsp3) is 0.648. The predicted octanol–water partition coefficient (Wildman–Crippen LogP) is 16.3. The quantitative estimate of drug-likeness (QED) is 0.0405. The molecule has 1 aliphatic rings. The number of ether oxygens (including phenoxy) is 3. The monoisotopic (exact) mass is 799 g/mol. The summed E-state index contributed by atoms with van der Waals surface area (Å²) in [5.74, 6) is 4.20. The molecule has 1 aliphatic carbocycles. The smallest absolute Gasteiger partial charge is 0.311 e. The molecule has 0 aliphatic heterocycles. The summed E-state index contributed by atoms with van der Waals surface area (Å²) in [5, 5.41) is 0. The molecule has 4 nitrogen and oxygen atoms in total. The number of carbonyl (C=O) groups excluding carboxylic acids is 1. The van der Waals surface area contributed by atoms with Crippen molar-refractivity contribution in [2.24, 2.45) is 23.2 Å². The van der Waals surface area contributed by atoms with Crippen molar-refractivity contribution in [3.8, 4) is 11.5 Å². The van der Waals surface area contributed by atoms with Crippen molar-refractivity contribution in [3.05, 3.63) is 93.8 Å². The van der Waals surface area contributed by atoms with Crippen LogP contribution in [0.1, 0.15) is 189 Å². The van der Waals surface area contributed by atoms with E-state index >= 15 is 0 Å². The molecule has 0 N–H and O–H groups in total. The highest BCUT2D eigenvalue weighted by Crippen LogP contribution is 2.41. The lowest BCUT2D eigenvalue weighted by Gasteiger charge is -2.32. The number of carbonyl (C=O) groups is 1. The Kier molecular flexibility index (Phi) is 22.3. The summed E-state index contributed by atoms with van der Waals surface area (Å²) in [6, 6.07) is 2.04. The maximum atomic E-state index is 13.0. The van der Waals surface area contributed by atoms with Crippen molar-refractivity contribution in [1.29, 1.82) is 0 Å². The molecule has 0 amide bonds. The Hall–Kier alpha value is -3.27. The molecule has 0 heterocycles. The van der Waals surface area contributed by atoms with Gasteiger partial charge < -0.3 is 14.2 Å². The average Bonchev–Trinajstić information content (AvgIpc) is 3.14. The summed E-state index contributed by atoms with van der Waals surface area (Å²) in [4.78, 5) is 13.0. The van der Waals surface area contributed by atoms with Crippen molar-refractivity contribution >= 4 is 5.97 Å². The molecule has 4 heteroatoms. The van der Waals surface area contributed by atoms with Gasteiger partial charge in [-0.05, 0) is 145 Å². The molecule has 0 saturated heterocycles. The Balaban J connectivity index is 1.81. The Bertz CT molecular complexity index is 1610.